The summed E-state index contributed by atoms with van der Waals surface area (Å²) < 4.78 is 11.1. The van der Waals surface area contributed by atoms with Crippen LogP contribution in [0.5, 0.6) is 0 Å². The zero-order valence-electron chi connectivity index (χ0n) is 24.4. The molecule has 2 fully saturated rings. The maximum Gasteiger partial charge on any atom is 0.410 e. The molecule has 0 aromatic heterocycles. The first-order valence-electron chi connectivity index (χ1n) is 13.9. The predicted molar refractivity (Wildman–Crippen MR) is 155 cm³/mol. The Labute approximate surface area is 238 Å². The third-order valence-corrected chi connectivity index (χ3v) is 8.02. The standard InChI is InChI=1S/C30H45N3O5S/c1-21(2)18-33(27(34)22(3)23(4)39-26-11-9-8-10-12-26)25-17-24(28(35)31-13-15-37-16-14-31)19-32(20-25)29(36)38-30(5,6)7/h8-12,21,23-25H,3,13-20H2,1-2,4-7H3/t23-,24?,25?/m0/s1. The van der Waals surface area contributed by atoms with Crippen LogP contribution in [-0.2, 0) is 19.1 Å². The van der Waals surface area contributed by atoms with Crippen LogP contribution in [0.3, 0.4) is 0 Å². The van der Waals surface area contributed by atoms with E-state index in [1.807, 2.05) is 67.8 Å². The van der Waals surface area contributed by atoms with Crippen molar-refractivity contribution in [3.05, 3.63) is 42.5 Å². The fourth-order valence-corrected chi connectivity index (χ4v) is 5.88. The second-order valence-electron chi connectivity index (χ2n) is 11.9. The summed E-state index contributed by atoms with van der Waals surface area (Å²) in [6.07, 6.45) is 0.0253. The van der Waals surface area contributed by atoms with Crippen LogP contribution in [0.2, 0.25) is 0 Å². The highest BCUT2D eigenvalue weighted by molar-refractivity contribution is 8.00. The Morgan fingerprint density at radius 2 is 1.72 bits per heavy atom. The number of nitrogens with zero attached hydrogens (tertiary/aromatic N) is 3. The smallest absolute Gasteiger partial charge is 0.410 e. The average Bonchev–Trinajstić information content (AvgIpc) is 2.90. The molecule has 2 aliphatic rings. The van der Waals surface area contributed by atoms with E-state index in [0.717, 1.165) is 4.90 Å². The molecule has 8 nitrogen and oxygen atoms in total. The Morgan fingerprint density at radius 3 is 2.31 bits per heavy atom. The van der Waals surface area contributed by atoms with Gasteiger partial charge in [-0.1, -0.05) is 38.6 Å². The molecular formula is C30H45N3O5S. The van der Waals surface area contributed by atoms with E-state index in [0.29, 0.717) is 51.4 Å². The first-order valence-corrected chi connectivity index (χ1v) is 14.8. The highest BCUT2D eigenvalue weighted by atomic mass is 32.2. The van der Waals surface area contributed by atoms with Crippen molar-refractivity contribution in [2.75, 3.05) is 45.9 Å². The summed E-state index contributed by atoms with van der Waals surface area (Å²) in [4.78, 5) is 47.1. The van der Waals surface area contributed by atoms with Crippen molar-refractivity contribution in [1.29, 1.82) is 0 Å². The lowest BCUT2D eigenvalue weighted by Crippen LogP contribution is -2.58. The number of rotatable bonds is 8. The molecule has 1 aromatic rings. The van der Waals surface area contributed by atoms with E-state index in [4.69, 9.17) is 9.47 Å². The van der Waals surface area contributed by atoms with Crippen molar-refractivity contribution < 1.29 is 23.9 Å². The van der Waals surface area contributed by atoms with E-state index in [-0.39, 0.29) is 35.6 Å². The highest BCUT2D eigenvalue weighted by Crippen LogP contribution is 2.31. The zero-order valence-corrected chi connectivity index (χ0v) is 25.2. The number of hydrogen-bond donors (Lipinski definition) is 0. The number of morpholine rings is 1. The van der Waals surface area contributed by atoms with Crippen molar-refractivity contribution >= 4 is 29.7 Å². The normalized spacial score (nSPS) is 20.9. The summed E-state index contributed by atoms with van der Waals surface area (Å²) in [6.45, 7) is 19.0. The van der Waals surface area contributed by atoms with Gasteiger partial charge in [0.1, 0.15) is 5.60 Å². The first-order chi connectivity index (χ1) is 18.4. The van der Waals surface area contributed by atoms with Gasteiger partial charge in [-0.3, -0.25) is 9.59 Å². The molecule has 3 atom stereocenters. The average molecular weight is 560 g/mol. The van der Waals surface area contributed by atoms with Crippen LogP contribution >= 0.6 is 11.8 Å². The number of amides is 3. The topological polar surface area (TPSA) is 79.4 Å². The van der Waals surface area contributed by atoms with Crippen molar-refractivity contribution in [3.8, 4) is 0 Å². The molecule has 2 heterocycles. The van der Waals surface area contributed by atoms with Crippen LogP contribution in [-0.4, -0.2) is 95.4 Å². The molecule has 9 heteroatoms. The quantitative estimate of drug-likeness (QED) is 0.340. The molecule has 0 radical (unpaired) electrons. The van der Waals surface area contributed by atoms with Crippen LogP contribution < -0.4 is 0 Å². The van der Waals surface area contributed by atoms with E-state index < -0.39 is 17.6 Å². The van der Waals surface area contributed by atoms with Gasteiger partial charge in [-0.15, -0.1) is 11.8 Å². The van der Waals surface area contributed by atoms with Gasteiger partial charge in [0.25, 0.3) is 5.91 Å². The number of ether oxygens (including phenoxy) is 2. The lowest BCUT2D eigenvalue weighted by Gasteiger charge is -2.44. The molecule has 2 aliphatic heterocycles. The van der Waals surface area contributed by atoms with E-state index in [9.17, 15) is 14.4 Å². The second-order valence-corrected chi connectivity index (χ2v) is 13.3. The maximum absolute atomic E-state index is 14.0. The van der Waals surface area contributed by atoms with Crippen molar-refractivity contribution in [2.45, 2.75) is 69.8 Å². The van der Waals surface area contributed by atoms with E-state index >= 15 is 0 Å². The molecule has 3 amide bonds. The van der Waals surface area contributed by atoms with Gasteiger partial charge in [0.05, 0.1) is 25.2 Å². The van der Waals surface area contributed by atoms with Gasteiger partial charge in [-0.05, 0) is 52.2 Å². The van der Waals surface area contributed by atoms with Gasteiger partial charge in [0.2, 0.25) is 5.91 Å². The Morgan fingerprint density at radius 1 is 1.08 bits per heavy atom. The summed E-state index contributed by atoms with van der Waals surface area (Å²) in [6, 6.07) is 9.63. The van der Waals surface area contributed by atoms with E-state index in [1.165, 1.54) is 0 Å². The minimum atomic E-state index is -0.667. The number of benzene rings is 1. The molecular weight excluding hydrogens is 514 g/mol. The number of piperidine rings is 1. The molecule has 0 bridgehead atoms. The van der Waals surface area contributed by atoms with Gasteiger partial charge in [0, 0.05) is 48.4 Å². The third kappa shape index (κ3) is 9.00. The van der Waals surface area contributed by atoms with Crippen LogP contribution in [0, 0.1) is 11.8 Å². The van der Waals surface area contributed by atoms with E-state index in [1.54, 1.807) is 16.7 Å². The van der Waals surface area contributed by atoms with Crippen molar-refractivity contribution in [1.82, 2.24) is 14.7 Å². The van der Waals surface area contributed by atoms with Gasteiger partial charge >= 0.3 is 6.09 Å². The molecule has 0 N–H and O–H groups in total. The Kier molecular flexibility index (Phi) is 10.9. The number of hydrogen-bond acceptors (Lipinski definition) is 6. The van der Waals surface area contributed by atoms with E-state index in [2.05, 4.69) is 20.4 Å². The SMILES string of the molecule is C=C(C(=O)N(CC(C)C)C1CC(C(=O)N2CCOCC2)CN(C(=O)OC(C)(C)C)C1)[C@H](C)Sc1ccccc1. The van der Waals surface area contributed by atoms with Gasteiger partial charge in [0.15, 0.2) is 0 Å². The number of carbonyl (C=O) groups is 3. The number of thioether (sulfide) groups is 1. The second kappa shape index (κ2) is 13.7. The zero-order chi connectivity index (χ0) is 28.7. The summed E-state index contributed by atoms with van der Waals surface area (Å²) in [7, 11) is 0. The molecule has 0 aliphatic carbocycles. The van der Waals surface area contributed by atoms with Crippen molar-refractivity contribution in [3.63, 3.8) is 0 Å². The summed E-state index contributed by atoms with van der Waals surface area (Å²) in [5.41, 5.74) is -0.158. The summed E-state index contributed by atoms with van der Waals surface area (Å²) >= 11 is 1.59. The minimum Gasteiger partial charge on any atom is -0.444 e. The molecule has 216 valence electrons. The summed E-state index contributed by atoms with van der Waals surface area (Å²) in [5, 5.41) is -0.133. The molecule has 39 heavy (non-hydrogen) atoms. The predicted octanol–water partition coefficient (Wildman–Crippen LogP) is 4.69. The fraction of sp³-hybridized carbons (Fsp3) is 0.633. The van der Waals surface area contributed by atoms with Gasteiger partial charge < -0.3 is 24.2 Å². The molecule has 1 aromatic carbocycles. The Hall–Kier alpha value is -2.52. The largest absolute Gasteiger partial charge is 0.444 e. The van der Waals surface area contributed by atoms with Crippen LogP contribution in [0.1, 0.15) is 48.0 Å². The first kappa shape index (κ1) is 31.0. The molecule has 2 unspecified atom stereocenters. The minimum absolute atomic E-state index is 0.000308. The molecule has 2 saturated heterocycles. The monoisotopic (exact) mass is 559 g/mol. The Balaban J connectivity index is 1.85. The lowest BCUT2D eigenvalue weighted by atomic mass is 9.91. The van der Waals surface area contributed by atoms with Crippen LogP contribution in [0.25, 0.3) is 0 Å². The van der Waals surface area contributed by atoms with Gasteiger partial charge in [-0.25, -0.2) is 4.79 Å². The summed E-state index contributed by atoms with van der Waals surface area (Å²) in [5.74, 6) is -0.362. The Bertz CT molecular complexity index is 1000. The highest BCUT2D eigenvalue weighted by Gasteiger charge is 2.41. The van der Waals surface area contributed by atoms with Crippen LogP contribution in [0.4, 0.5) is 4.79 Å². The van der Waals surface area contributed by atoms with Crippen molar-refractivity contribution in [2.24, 2.45) is 11.8 Å². The maximum atomic E-state index is 14.0. The molecule has 3 rings (SSSR count). The molecule has 0 spiro atoms. The molecule has 0 saturated carbocycles. The fourth-order valence-electron chi connectivity index (χ4n) is 4.92. The van der Waals surface area contributed by atoms with Gasteiger partial charge in [-0.2, -0.15) is 0 Å². The number of likely N-dealkylation sites (tertiary alicyclic amines) is 1. The lowest BCUT2D eigenvalue weighted by molar-refractivity contribution is -0.144. The third-order valence-electron chi connectivity index (χ3n) is 6.84. The number of carbonyl (C=O) groups excluding carboxylic acids is 3. The van der Waals surface area contributed by atoms with Crippen LogP contribution in [0.15, 0.2) is 47.4 Å².